The fraction of sp³-hybridized carbons (Fsp3) is 0.462. The van der Waals surface area contributed by atoms with Crippen molar-refractivity contribution in [3.8, 4) is 0 Å². The summed E-state index contributed by atoms with van der Waals surface area (Å²) >= 11 is 7.88. The molecule has 0 aliphatic carbocycles. The number of hydrogen-bond donors (Lipinski definition) is 2. The lowest BCUT2D eigenvalue weighted by Crippen LogP contribution is -2.36. The Morgan fingerprint density at radius 2 is 2.16 bits per heavy atom. The van der Waals surface area contributed by atoms with E-state index in [1.807, 2.05) is 11.8 Å². The van der Waals surface area contributed by atoms with Crippen molar-refractivity contribution in [3.05, 3.63) is 28.8 Å². The maximum absolute atomic E-state index is 11.1. The number of rotatable bonds is 5. The maximum Gasteiger partial charge on any atom is 0.337 e. The van der Waals surface area contributed by atoms with E-state index in [0.717, 1.165) is 26.2 Å². The number of thioether (sulfide) groups is 1. The predicted octanol–water partition coefficient (Wildman–Crippen LogP) is 2.50. The molecule has 0 bridgehead atoms. The number of carboxylic acids is 1. The van der Waals surface area contributed by atoms with Crippen molar-refractivity contribution in [2.75, 3.05) is 43.0 Å². The van der Waals surface area contributed by atoms with Gasteiger partial charge in [-0.05, 0) is 18.2 Å². The van der Waals surface area contributed by atoms with E-state index in [-0.39, 0.29) is 5.56 Å². The van der Waals surface area contributed by atoms with Crippen LogP contribution in [0.3, 0.4) is 0 Å². The largest absolute Gasteiger partial charge is 0.478 e. The second-order valence-electron chi connectivity index (χ2n) is 4.38. The van der Waals surface area contributed by atoms with Gasteiger partial charge in [0.15, 0.2) is 0 Å². The van der Waals surface area contributed by atoms with Crippen LogP contribution in [0.25, 0.3) is 0 Å². The molecular weight excluding hydrogens is 284 g/mol. The summed E-state index contributed by atoms with van der Waals surface area (Å²) in [5, 5.41) is 12.8. The van der Waals surface area contributed by atoms with Crippen LogP contribution in [0, 0.1) is 0 Å². The molecule has 1 aliphatic heterocycles. The van der Waals surface area contributed by atoms with Crippen molar-refractivity contribution in [3.63, 3.8) is 0 Å². The van der Waals surface area contributed by atoms with Gasteiger partial charge in [0.05, 0.1) is 11.3 Å². The van der Waals surface area contributed by atoms with Crippen LogP contribution in [-0.4, -0.2) is 53.7 Å². The molecule has 0 saturated carbocycles. The van der Waals surface area contributed by atoms with Crippen LogP contribution in [0.2, 0.25) is 5.02 Å². The lowest BCUT2D eigenvalue weighted by Gasteiger charge is -2.26. The van der Waals surface area contributed by atoms with E-state index >= 15 is 0 Å². The molecule has 1 saturated heterocycles. The fourth-order valence-corrected chi connectivity index (χ4v) is 3.17. The van der Waals surface area contributed by atoms with Gasteiger partial charge in [0, 0.05) is 42.7 Å². The van der Waals surface area contributed by atoms with E-state index in [0.29, 0.717) is 10.7 Å². The maximum atomic E-state index is 11.1. The van der Waals surface area contributed by atoms with Crippen LogP contribution >= 0.6 is 23.4 Å². The summed E-state index contributed by atoms with van der Waals surface area (Å²) in [6.07, 6.45) is 0. The predicted molar refractivity (Wildman–Crippen MR) is 80.7 cm³/mol. The van der Waals surface area contributed by atoms with Gasteiger partial charge in [0.25, 0.3) is 0 Å². The van der Waals surface area contributed by atoms with Crippen LogP contribution in [0.15, 0.2) is 18.2 Å². The molecule has 4 nitrogen and oxygen atoms in total. The molecule has 1 aliphatic rings. The van der Waals surface area contributed by atoms with Gasteiger partial charge < -0.3 is 10.4 Å². The Balaban J connectivity index is 1.91. The van der Waals surface area contributed by atoms with E-state index in [4.69, 9.17) is 16.7 Å². The summed E-state index contributed by atoms with van der Waals surface area (Å²) < 4.78 is 0. The van der Waals surface area contributed by atoms with Crippen molar-refractivity contribution >= 4 is 35.0 Å². The third kappa shape index (κ3) is 4.30. The highest BCUT2D eigenvalue weighted by molar-refractivity contribution is 7.99. The standard InChI is InChI=1S/C13H17ClN2O2S/c14-10-1-2-11(13(17)18)12(9-10)15-3-4-16-5-7-19-8-6-16/h1-2,9,15H,3-8H2,(H,17,18). The van der Waals surface area contributed by atoms with E-state index in [1.165, 1.54) is 17.6 Å². The number of carboxylic acid groups (broad SMARTS) is 1. The molecular formula is C13H17ClN2O2S. The van der Waals surface area contributed by atoms with Crippen molar-refractivity contribution in [1.82, 2.24) is 4.90 Å². The number of hydrogen-bond acceptors (Lipinski definition) is 4. The highest BCUT2D eigenvalue weighted by Gasteiger charge is 2.12. The first kappa shape index (κ1) is 14.5. The Kier molecular flexibility index (Phi) is 5.36. The quantitative estimate of drug-likeness (QED) is 0.875. The smallest absolute Gasteiger partial charge is 0.337 e. The molecule has 0 aromatic heterocycles. The zero-order chi connectivity index (χ0) is 13.7. The van der Waals surface area contributed by atoms with Crippen LogP contribution in [0.5, 0.6) is 0 Å². The highest BCUT2D eigenvalue weighted by atomic mass is 35.5. The Hall–Kier alpha value is -0.910. The van der Waals surface area contributed by atoms with Gasteiger partial charge in [0.1, 0.15) is 0 Å². The minimum Gasteiger partial charge on any atom is -0.478 e. The Morgan fingerprint density at radius 3 is 2.84 bits per heavy atom. The molecule has 6 heteroatoms. The molecule has 1 aromatic carbocycles. The number of anilines is 1. The number of aromatic carboxylic acids is 1. The number of benzene rings is 1. The first-order chi connectivity index (χ1) is 9.16. The van der Waals surface area contributed by atoms with Gasteiger partial charge in [-0.2, -0.15) is 11.8 Å². The summed E-state index contributed by atoms with van der Waals surface area (Å²) in [5.41, 5.74) is 0.852. The second kappa shape index (κ2) is 7.03. The number of nitrogens with one attached hydrogen (secondary N) is 1. The molecule has 0 spiro atoms. The average molecular weight is 301 g/mol. The monoisotopic (exact) mass is 300 g/mol. The number of carbonyl (C=O) groups is 1. The van der Waals surface area contributed by atoms with E-state index in [2.05, 4.69) is 10.2 Å². The summed E-state index contributed by atoms with van der Waals surface area (Å²) in [4.78, 5) is 13.5. The molecule has 0 radical (unpaired) electrons. The minimum absolute atomic E-state index is 0.263. The third-order valence-corrected chi connectivity index (χ3v) is 4.24. The normalized spacial score (nSPS) is 16.3. The van der Waals surface area contributed by atoms with Gasteiger partial charge in [0.2, 0.25) is 0 Å². The fourth-order valence-electron chi connectivity index (χ4n) is 2.02. The molecule has 0 atom stereocenters. The van der Waals surface area contributed by atoms with Crippen LogP contribution in [0.1, 0.15) is 10.4 Å². The Bertz CT molecular complexity index is 450. The van der Waals surface area contributed by atoms with Gasteiger partial charge in [-0.3, -0.25) is 4.90 Å². The summed E-state index contributed by atoms with van der Waals surface area (Å²) in [5.74, 6) is 1.42. The highest BCUT2D eigenvalue weighted by Crippen LogP contribution is 2.21. The molecule has 1 aromatic rings. The van der Waals surface area contributed by atoms with E-state index in [1.54, 1.807) is 12.1 Å². The SMILES string of the molecule is O=C(O)c1ccc(Cl)cc1NCCN1CCSCC1. The zero-order valence-electron chi connectivity index (χ0n) is 10.6. The summed E-state index contributed by atoms with van der Waals surface area (Å²) in [6, 6.07) is 4.79. The van der Waals surface area contributed by atoms with Crippen molar-refractivity contribution in [2.24, 2.45) is 0 Å². The third-order valence-electron chi connectivity index (χ3n) is 3.06. The molecule has 0 unspecified atom stereocenters. The first-order valence-corrected chi connectivity index (χ1v) is 7.77. The van der Waals surface area contributed by atoms with Gasteiger partial charge in [-0.25, -0.2) is 4.79 Å². The van der Waals surface area contributed by atoms with Crippen LogP contribution < -0.4 is 5.32 Å². The van der Waals surface area contributed by atoms with Crippen LogP contribution in [-0.2, 0) is 0 Å². The van der Waals surface area contributed by atoms with Crippen LogP contribution in [0.4, 0.5) is 5.69 Å². The lowest BCUT2D eigenvalue weighted by molar-refractivity contribution is 0.0698. The van der Waals surface area contributed by atoms with Gasteiger partial charge in [-0.15, -0.1) is 0 Å². The second-order valence-corrected chi connectivity index (χ2v) is 6.04. The molecule has 2 rings (SSSR count). The number of nitrogens with zero attached hydrogens (tertiary/aromatic N) is 1. The molecule has 104 valence electrons. The van der Waals surface area contributed by atoms with E-state index in [9.17, 15) is 4.79 Å². The van der Waals surface area contributed by atoms with Crippen molar-refractivity contribution < 1.29 is 9.90 Å². The van der Waals surface area contributed by atoms with Gasteiger partial charge in [-0.1, -0.05) is 11.6 Å². The van der Waals surface area contributed by atoms with Gasteiger partial charge >= 0.3 is 5.97 Å². The number of halogens is 1. The molecule has 1 heterocycles. The van der Waals surface area contributed by atoms with Crippen molar-refractivity contribution in [1.29, 1.82) is 0 Å². The average Bonchev–Trinajstić information content (AvgIpc) is 2.39. The zero-order valence-corrected chi connectivity index (χ0v) is 12.1. The van der Waals surface area contributed by atoms with Crippen molar-refractivity contribution in [2.45, 2.75) is 0 Å². The molecule has 19 heavy (non-hydrogen) atoms. The molecule has 1 fully saturated rings. The Morgan fingerprint density at radius 1 is 1.42 bits per heavy atom. The molecule has 2 N–H and O–H groups in total. The molecule has 0 amide bonds. The minimum atomic E-state index is -0.937. The Labute approximate surface area is 122 Å². The topological polar surface area (TPSA) is 52.6 Å². The first-order valence-electron chi connectivity index (χ1n) is 6.23. The summed E-state index contributed by atoms with van der Waals surface area (Å²) in [6.45, 7) is 3.86. The lowest BCUT2D eigenvalue weighted by atomic mass is 10.2. The van der Waals surface area contributed by atoms with E-state index < -0.39 is 5.97 Å². The summed E-state index contributed by atoms with van der Waals surface area (Å²) in [7, 11) is 0.